The van der Waals surface area contributed by atoms with E-state index in [0.717, 1.165) is 0 Å². The van der Waals surface area contributed by atoms with Crippen LogP contribution in [0.2, 0.25) is 0 Å². The molecule has 1 saturated heterocycles. The lowest BCUT2D eigenvalue weighted by Gasteiger charge is -2.41. The van der Waals surface area contributed by atoms with Gasteiger partial charge in [-0.3, -0.25) is 14.4 Å². The van der Waals surface area contributed by atoms with Crippen molar-refractivity contribution < 1.29 is 28.2 Å². The summed E-state index contributed by atoms with van der Waals surface area (Å²) in [5, 5.41) is 0. The van der Waals surface area contributed by atoms with Crippen LogP contribution < -0.4 is 0 Å². The third-order valence-corrected chi connectivity index (χ3v) is 4.90. The lowest BCUT2D eigenvalue weighted by Crippen LogP contribution is -2.51. The maximum atomic E-state index is 14.2. The largest absolute Gasteiger partial charge is 0.469 e. The van der Waals surface area contributed by atoms with Crippen molar-refractivity contribution in [1.82, 2.24) is 4.90 Å². The van der Waals surface area contributed by atoms with E-state index < -0.39 is 17.4 Å². The van der Waals surface area contributed by atoms with Crippen LogP contribution in [0.5, 0.6) is 0 Å². The third-order valence-electron chi connectivity index (χ3n) is 4.90. The topological polar surface area (TPSA) is 72.9 Å². The number of rotatable bonds is 7. The number of hydrogen-bond acceptors (Lipinski definition) is 5. The number of likely N-dealkylation sites (tertiary alicyclic amines) is 1. The minimum absolute atomic E-state index is 0.00838. The Bertz CT molecular complexity index is 693. The van der Waals surface area contributed by atoms with Crippen molar-refractivity contribution in [3.63, 3.8) is 0 Å². The number of halogens is 1. The van der Waals surface area contributed by atoms with Crippen LogP contribution in [-0.2, 0) is 30.3 Å². The molecule has 1 aromatic carbocycles. The number of carbonyl (C=O) groups is 3. The van der Waals surface area contributed by atoms with Gasteiger partial charge in [0.25, 0.3) is 0 Å². The fourth-order valence-electron chi connectivity index (χ4n) is 3.49. The molecule has 0 N–H and O–H groups in total. The second-order valence-electron chi connectivity index (χ2n) is 6.76. The molecule has 0 saturated carbocycles. The highest BCUT2D eigenvalue weighted by molar-refractivity contribution is 5.83. The second kappa shape index (κ2) is 9.48. The molecule has 0 spiro atoms. The molecule has 1 heterocycles. The SMILES string of the molecule is CCOC(=O)[C@@]1(Cc2ccccc2F)CCCN(C(=O)CCC(=O)OC)C1. The highest BCUT2D eigenvalue weighted by Gasteiger charge is 2.45. The van der Waals surface area contributed by atoms with Gasteiger partial charge in [-0.15, -0.1) is 0 Å². The molecule has 27 heavy (non-hydrogen) atoms. The quantitative estimate of drug-likeness (QED) is 0.681. The van der Waals surface area contributed by atoms with E-state index in [4.69, 9.17) is 4.74 Å². The number of hydrogen-bond donors (Lipinski definition) is 0. The molecule has 1 amide bonds. The van der Waals surface area contributed by atoms with E-state index in [1.807, 2.05) is 0 Å². The molecule has 1 aromatic rings. The summed E-state index contributed by atoms with van der Waals surface area (Å²) in [6.07, 6.45) is 1.30. The second-order valence-corrected chi connectivity index (χ2v) is 6.76. The number of piperidine rings is 1. The Morgan fingerprint density at radius 1 is 1.22 bits per heavy atom. The maximum Gasteiger partial charge on any atom is 0.314 e. The molecule has 1 atom stereocenters. The number of benzene rings is 1. The molecule has 6 nitrogen and oxygen atoms in total. The van der Waals surface area contributed by atoms with Crippen LogP contribution in [0.3, 0.4) is 0 Å². The Labute approximate surface area is 158 Å². The lowest BCUT2D eigenvalue weighted by molar-refractivity contribution is -0.161. The normalized spacial score (nSPS) is 19.4. The van der Waals surface area contributed by atoms with Crippen LogP contribution in [-0.4, -0.2) is 49.6 Å². The maximum absolute atomic E-state index is 14.2. The summed E-state index contributed by atoms with van der Waals surface area (Å²) in [5.74, 6) is -1.47. The molecule has 2 rings (SSSR count). The van der Waals surface area contributed by atoms with Crippen LogP contribution in [0.25, 0.3) is 0 Å². The number of esters is 2. The predicted molar refractivity (Wildman–Crippen MR) is 96.2 cm³/mol. The van der Waals surface area contributed by atoms with Gasteiger partial charge in [0.05, 0.1) is 25.6 Å². The summed E-state index contributed by atoms with van der Waals surface area (Å²) >= 11 is 0. The molecule has 1 fully saturated rings. The molecule has 0 aliphatic carbocycles. The van der Waals surface area contributed by atoms with Crippen molar-refractivity contribution in [3.05, 3.63) is 35.6 Å². The van der Waals surface area contributed by atoms with E-state index in [1.54, 1.807) is 30.0 Å². The zero-order valence-electron chi connectivity index (χ0n) is 15.8. The van der Waals surface area contributed by atoms with Crippen molar-refractivity contribution >= 4 is 17.8 Å². The van der Waals surface area contributed by atoms with E-state index in [2.05, 4.69) is 4.74 Å². The van der Waals surface area contributed by atoms with Gasteiger partial charge in [0.1, 0.15) is 5.82 Å². The molecular formula is C20H26FNO5. The molecule has 0 bridgehead atoms. The summed E-state index contributed by atoms with van der Waals surface area (Å²) in [7, 11) is 1.27. The van der Waals surface area contributed by atoms with E-state index >= 15 is 0 Å². The molecule has 0 aromatic heterocycles. The van der Waals surface area contributed by atoms with Crippen molar-refractivity contribution in [2.75, 3.05) is 26.8 Å². The van der Waals surface area contributed by atoms with Gasteiger partial charge in [-0.05, 0) is 37.8 Å². The first-order valence-corrected chi connectivity index (χ1v) is 9.17. The van der Waals surface area contributed by atoms with Crippen molar-refractivity contribution in [1.29, 1.82) is 0 Å². The Kier molecular flexibility index (Phi) is 7.33. The summed E-state index contributed by atoms with van der Waals surface area (Å²) in [6.45, 7) is 2.59. The van der Waals surface area contributed by atoms with Gasteiger partial charge in [0, 0.05) is 19.5 Å². The first-order valence-electron chi connectivity index (χ1n) is 9.17. The first kappa shape index (κ1) is 20.9. The number of ether oxygens (including phenoxy) is 2. The molecule has 0 unspecified atom stereocenters. The highest BCUT2D eigenvalue weighted by Crippen LogP contribution is 2.36. The van der Waals surface area contributed by atoms with Crippen LogP contribution >= 0.6 is 0 Å². The predicted octanol–water partition coefficient (Wildman–Crippen LogP) is 2.49. The number of carbonyl (C=O) groups excluding carboxylic acids is 3. The Hall–Kier alpha value is -2.44. The smallest absolute Gasteiger partial charge is 0.314 e. The lowest BCUT2D eigenvalue weighted by atomic mass is 9.74. The van der Waals surface area contributed by atoms with E-state index in [-0.39, 0.29) is 44.1 Å². The fraction of sp³-hybridized carbons (Fsp3) is 0.550. The van der Waals surface area contributed by atoms with Gasteiger partial charge >= 0.3 is 11.9 Å². The summed E-state index contributed by atoms with van der Waals surface area (Å²) in [6, 6.07) is 6.32. The molecular weight excluding hydrogens is 353 g/mol. The van der Waals surface area contributed by atoms with Gasteiger partial charge in [-0.25, -0.2) is 4.39 Å². The van der Waals surface area contributed by atoms with E-state index in [1.165, 1.54) is 13.2 Å². The average Bonchev–Trinajstić information content (AvgIpc) is 2.68. The van der Waals surface area contributed by atoms with Crippen LogP contribution in [0.1, 0.15) is 38.2 Å². The number of nitrogens with zero attached hydrogens (tertiary/aromatic N) is 1. The minimum Gasteiger partial charge on any atom is -0.469 e. The molecule has 1 aliphatic heterocycles. The summed E-state index contributed by atoms with van der Waals surface area (Å²) < 4.78 is 24.0. The Balaban J connectivity index is 2.20. The zero-order valence-corrected chi connectivity index (χ0v) is 15.8. The molecule has 0 radical (unpaired) electrons. The van der Waals surface area contributed by atoms with Gasteiger partial charge in [-0.1, -0.05) is 18.2 Å². The molecule has 1 aliphatic rings. The van der Waals surface area contributed by atoms with Gasteiger partial charge in [-0.2, -0.15) is 0 Å². The van der Waals surface area contributed by atoms with Crippen LogP contribution in [0.15, 0.2) is 24.3 Å². The standard InChI is InChI=1S/C20H26FNO5/c1-3-27-19(25)20(13-15-7-4-5-8-16(15)21)11-6-12-22(14-20)17(23)9-10-18(24)26-2/h4-5,7-8H,3,6,9-14H2,1-2H3/t20-/m1/s1. The Morgan fingerprint density at radius 3 is 2.63 bits per heavy atom. The number of methoxy groups -OCH3 is 1. The Morgan fingerprint density at radius 2 is 1.96 bits per heavy atom. The number of amides is 1. The van der Waals surface area contributed by atoms with E-state index in [9.17, 15) is 18.8 Å². The van der Waals surface area contributed by atoms with Gasteiger partial charge in [0.2, 0.25) is 5.91 Å². The van der Waals surface area contributed by atoms with E-state index in [0.29, 0.717) is 24.9 Å². The van der Waals surface area contributed by atoms with Crippen molar-refractivity contribution in [3.8, 4) is 0 Å². The molecule has 148 valence electrons. The van der Waals surface area contributed by atoms with Gasteiger partial charge < -0.3 is 14.4 Å². The minimum atomic E-state index is -0.989. The van der Waals surface area contributed by atoms with Crippen LogP contribution in [0, 0.1) is 11.2 Å². The fourth-order valence-corrected chi connectivity index (χ4v) is 3.49. The van der Waals surface area contributed by atoms with Gasteiger partial charge in [0.15, 0.2) is 0 Å². The highest BCUT2D eigenvalue weighted by atomic mass is 19.1. The average molecular weight is 379 g/mol. The molecule has 7 heteroatoms. The first-order chi connectivity index (χ1) is 12.9. The van der Waals surface area contributed by atoms with Crippen LogP contribution in [0.4, 0.5) is 4.39 Å². The van der Waals surface area contributed by atoms with Crippen molar-refractivity contribution in [2.24, 2.45) is 5.41 Å². The summed E-state index contributed by atoms with van der Waals surface area (Å²) in [5.41, 5.74) is -0.563. The summed E-state index contributed by atoms with van der Waals surface area (Å²) in [4.78, 5) is 38.1. The zero-order chi connectivity index (χ0) is 19.9. The third kappa shape index (κ3) is 5.28. The monoisotopic (exact) mass is 379 g/mol. The van der Waals surface area contributed by atoms with Crippen molar-refractivity contribution in [2.45, 2.75) is 39.0 Å².